The number of aromatic nitrogens is 1. The van der Waals surface area contributed by atoms with Gasteiger partial charge in [-0.25, -0.2) is 0 Å². The molecule has 1 aliphatic rings. The smallest absolute Gasteiger partial charge is 0.0761 e. The summed E-state index contributed by atoms with van der Waals surface area (Å²) in [5.74, 6) is 1.20. The van der Waals surface area contributed by atoms with Gasteiger partial charge in [-0.05, 0) is 42.4 Å². The van der Waals surface area contributed by atoms with E-state index in [1.165, 1.54) is 30.6 Å². The Morgan fingerprint density at radius 3 is 3.10 bits per heavy atom. The van der Waals surface area contributed by atoms with E-state index in [0.717, 1.165) is 27.7 Å². The van der Waals surface area contributed by atoms with Gasteiger partial charge in [0.1, 0.15) is 0 Å². The summed E-state index contributed by atoms with van der Waals surface area (Å²) in [7, 11) is 0. The molecule has 112 valence electrons. The maximum atomic E-state index is 6.26. The largest absolute Gasteiger partial charge is 0.309 e. The molecule has 0 radical (unpaired) electrons. The van der Waals surface area contributed by atoms with Crippen LogP contribution in [0.3, 0.4) is 0 Å². The van der Waals surface area contributed by atoms with Crippen LogP contribution in [-0.4, -0.2) is 22.0 Å². The zero-order chi connectivity index (χ0) is 14.7. The third-order valence-electron chi connectivity index (χ3n) is 4.19. The van der Waals surface area contributed by atoms with Crippen molar-refractivity contribution in [1.82, 2.24) is 10.3 Å². The molecule has 1 heterocycles. The third-order valence-corrected chi connectivity index (χ3v) is 5.84. The molecule has 2 aromatic rings. The first-order valence-electron chi connectivity index (χ1n) is 7.66. The van der Waals surface area contributed by atoms with Crippen molar-refractivity contribution < 1.29 is 0 Å². The van der Waals surface area contributed by atoms with Gasteiger partial charge in [-0.15, -0.1) is 0 Å². The molecule has 0 bridgehead atoms. The maximum absolute atomic E-state index is 6.26. The number of hydrogen-bond acceptors (Lipinski definition) is 3. The summed E-state index contributed by atoms with van der Waals surface area (Å²) in [5, 5.41) is 6.33. The van der Waals surface area contributed by atoms with Crippen LogP contribution in [0, 0.1) is 0 Å². The van der Waals surface area contributed by atoms with Crippen LogP contribution in [0.1, 0.15) is 31.7 Å². The lowest BCUT2D eigenvalue weighted by Gasteiger charge is -2.20. The van der Waals surface area contributed by atoms with Crippen LogP contribution in [0.2, 0.25) is 5.02 Å². The van der Waals surface area contributed by atoms with Crippen LogP contribution in [0.25, 0.3) is 10.9 Å². The van der Waals surface area contributed by atoms with Crippen molar-refractivity contribution in [2.24, 2.45) is 0 Å². The molecular weight excluding hydrogens is 300 g/mol. The molecule has 21 heavy (non-hydrogen) atoms. The SMILES string of the molecule is CCSC1CCCC1NCc1ccc(Cl)c2cccnc12. The van der Waals surface area contributed by atoms with Gasteiger partial charge in [0.25, 0.3) is 0 Å². The van der Waals surface area contributed by atoms with Crippen LogP contribution in [0.5, 0.6) is 0 Å². The van der Waals surface area contributed by atoms with E-state index in [4.69, 9.17) is 11.6 Å². The fourth-order valence-corrected chi connectivity index (χ4v) is 4.59. The highest BCUT2D eigenvalue weighted by Gasteiger charge is 2.26. The maximum Gasteiger partial charge on any atom is 0.0761 e. The van der Waals surface area contributed by atoms with E-state index in [2.05, 4.69) is 35.1 Å². The molecule has 2 atom stereocenters. The number of hydrogen-bond donors (Lipinski definition) is 1. The first-order valence-corrected chi connectivity index (χ1v) is 9.09. The highest BCUT2D eigenvalue weighted by atomic mass is 35.5. The number of nitrogens with zero attached hydrogens (tertiary/aromatic N) is 1. The van der Waals surface area contributed by atoms with E-state index in [1.54, 1.807) is 0 Å². The zero-order valence-electron chi connectivity index (χ0n) is 12.3. The average Bonchev–Trinajstić information content (AvgIpc) is 2.95. The minimum atomic E-state index is 0.629. The van der Waals surface area contributed by atoms with Crippen molar-refractivity contribution in [3.63, 3.8) is 0 Å². The Balaban J connectivity index is 1.75. The van der Waals surface area contributed by atoms with Gasteiger partial charge >= 0.3 is 0 Å². The van der Waals surface area contributed by atoms with Crippen LogP contribution in [0.4, 0.5) is 0 Å². The van der Waals surface area contributed by atoms with Gasteiger partial charge in [-0.3, -0.25) is 4.98 Å². The van der Waals surface area contributed by atoms with E-state index in [-0.39, 0.29) is 0 Å². The summed E-state index contributed by atoms with van der Waals surface area (Å²) in [6.07, 6.45) is 5.81. The highest BCUT2D eigenvalue weighted by molar-refractivity contribution is 7.99. The second kappa shape index (κ2) is 6.99. The molecule has 1 saturated carbocycles. The number of pyridine rings is 1. The minimum absolute atomic E-state index is 0.629. The second-order valence-electron chi connectivity index (χ2n) is 5.52. The van der Waals surface area contributed by atoms with Crippen LogP contribution in [-0.2, 0) is 6.54 Å². The van der Waals surface area contributed by atoms with Crippen molar-refractivity contribution in [3.05, 3.63) is 41.0 Å². The van der Waals surface area contributed by atoms with Crippen molar-refractivity contribution >= 4 is 34.3 Å². The molecule has 1 aromatic carbocycles. The van der Waals surface area contributed by atoms with Crippen molar-refractivity contribution in [3.8, 4) is 0 Å². The van der Waals surface area contributed by atoms with Gasteiger partial charge in [0.05, 0.1) is 5.52 Å². The molecule has 1 fully saturated rings. The molecule has 2 unspecified atom stereocenters. The van der Waals surface area contributed by atoms with Gasteiger partial charge in [0.15, 0.2) is 0 Å². The number of halogens is 1. The van der Waals surface area contributed by atoms with E-state index < -0.39 is 0 Å². The predicted molar refractivity (Wildman–Crippen MR) is 93.2 cm³/mol. The summed E-state index contributed by atoms with van der Waals surface area (Å²) in [4.78, 5) is 4.51. The first-order chi connectivity index (χ1) is 10.3. The molecule has 0 saturated heterocycles. The average molecular weight is 321 g/mol. The van der Waals surface area contributed by atoms with Gasteiger partial charge in [0, 0.05) is 34.4 Å². The van der Waals surface area contributed by atoms with Gasteiger partial charge < -0.3 is 5.32 Å². The Morgan fingerprint density at radius 1 is 1.33 bits per heavy atom. The molecule has 1 aliphatic carbocycles. The second-order valence-corrected chi connectivity index (χ2v) is 7.44. The lowest BCUT2D eigenvalue weighted by atomic mass is 10.1. The van der Waals surface area contributed by atoms with E-state index in [9.17, 15) is 0 Å². The molecule has 1 aromatic heterocycles. The molecule has 2 nitrogen and oxygen atoms in total. The van der Waals surface area contributed by atoms with Crippen molar-refractivity contribution in [1.29, 1.82) is 0 Å². The lowest BCUT2D eigenvalue weighted by Crippen LogP contribution is -2.33. The normalized spacial score (nSPS) is 22.0. The molecule has 0 aliphatic heterocycles. The highest BCUT2D eigenvalue weighted by Crippen LogP contribution is 2.30. The Morgan fingerprint density at radius 2 is 2.24 bits per heavy atom. The fraction of sp³-hybridized carbons (Fsp3) is 0.471. The summed E-state index contributed by atoms with van der Waals surface area (Å²) in [6.45, 7) is 3.12. The minimum Gasteiger partial charge on any atom is -0.309 e. The number of benzene rings is 1. The molecule has 4 heteroatoms. The third kappa shape index (κ3) is 3.36. The van der Waals surface area contributed by atoms with E-state index in [0.29, 0.717) is 6.04 Å². The van der Waals surface area contributed by atoms with Gasteiger partial charge in [0.2, 0.25) is 0 Å². The van der Waals surface area contributed by atoms with E-state index in [1.807, 2.05) is 24.4 Å². The van der Waals surface area contributed by atoms with Crippen molar-refractivity contribution in [2.75, 3.05) is 5.75 Å². The Hall–Kier alpha value is -0.770. The summed E-state index contributed by atoms with van der Waals surface area (Å²) >= 11 is 8.35. The first kappa shape index (κ1) is 15.1. The monoisotopic (exact) mass is 320 g/mol. The number of thioether (sulfide) groups is 1. The number of nitrogens with one attached hydrogen (secondary N) is 1. The van der Waals surface area contributed by atoms with E-state index >= 15 is 0 Å². The lowest BCUT2D eigenvalue weighted by molar-refractivity contribution is 0.533. The van der Waals surface area contributed by atoms with Crippen LogP contribution >= 0.6 is 23.4 Å². The predicted octanol–water partition coefficient (Wildman–Crippen LogP) is 4.65. The number of rotatable bonds is 5. The van der Waals surface area contributed by atoms with Crippen molar-refractivity contribution in [2.45, 2.75) is 44.0 Å². The van der Waals surface area contributed by atoms with Crippen LogP contribution < -0.4 is 5.32 Å². The van der Waals surface area contributed by atoms with Crippen LogP contribution in [0.15, 0.2) is 30.5 Å². The molecule has 3 rings (SSSR count). The zero-order valence-corrected chi connectivity index (χ0v) is 13.9. The topological polar surface area (TPSA) is 24.9 Å². The Kier molecular flexibility index (Phi) is 5.04. The Labute approximate surface area is 135 Å². The number of fused-ring (bicyclic) bond motifs is 1. The molecule has 0 amide bonds. The fourth-order valence-electron chi connectivity index (χ4n) is 3.15. The Bertz CT molecular complexity index is 617. The van der Waals surface area contributed by atoms with Gasteiger partial charge in [-0.2, -0.15) is 11.8 Å². The molecule has 0 spiro atoms. The standard InChI is InChI=1S/C17H21ClN2S/c1-2-21-16-7-3-6-15(16)20-11-12-8-9-14(18)13-5-4-10-19-17(12)13/h4-5,8-10,15-16,20H,2-3,6-7,11H2,1H3. The molecular formula is C17H21ClN2S. The summed E-state index contributed by atoms with van der Waals surface area (Å²) in [5.41, 5.74) is 2.26. The summed E-state index contributed by atoms with van der Waals surface area (Å²) in [6, 6.07) is 8.69. The quantitative estimate of drug-likeness (QED) is 0.868. The molecule has 1 N–H and O–H groups in total. The van der Waals surface area contributed by atoms with Gasteiger partial charge in [-0.1, -0.05) is 31.0 Å². The summed E-state index contributed by atoms with van der Waals surface area (Å²) < 4.78 is 0.